The van der Waals surface area contributed by atoms with Crippen LogP contribution in [0.3, 0.4) is 0 Å². The Bertz CT molecular complexity index is 438. The molecule has 1 aromatic carbocycles. The largest absolute Gasteiger partial charge is 0.469 e. The van der Waals surface area contributed by atoms with Crippen molar-refractivity contribution in [2.24, 2.45) is 0 Å². The van der Waals surface area contributed by atoms with Gasteiger partial charge in [0.1, 0.15) is 0 Å². The van der Waals surface area contributed by atoms with E-state index in [1.54, 1.807) is 19.1 Å². The minimum absolute atomic E-state index is 0.141. The second-order valence-corrected chi connectivity index (χ2v) is 4.53. The molecular formula is C13H15ClO3. The number of ketones is 1. The molecule has 0 fully saturated rings. The van der Waals surface area contributed by atoms with Crippen LogP contribution in [0.5, 0.6) is 0 Å². The highest BCUT2D eigenvalue weighted by Crippen LogP contribution is 2.15. The van der Waals surface area contributed by atoms with Gasteiger partial charge in [0.15, 0.2) is 5.78 Å². The normalized spacial score (nSPS) is 12.0. The topological polar surface area (TPSA) is 43.4 Å². The number of rotatable bonds is 4. The summed E-state index contributed by atoms with van der Waals surface area (Å²) < 4.78 is 4.61. The number of aryl methyl sites for hydroxylation is 1. The maximum Gasteiger partial charge on any atom is 0.309 e. The molecule has 0 amide bonds. The molecule has 0 bridgehead atoms. The number of carbonyl (C=O) groups excluding carboxylic acids is 2. The number of halogens is 1. The predicted octanol–water partition coefficient (Wildman–Crippen LogP) is 2.52. The Morgan fingerprint density at radius 3 is 2.59 bits per heavy atom. The highest BCUT2D eigenvalue weighted by atomic mass is 35.5. The summed E-state index contributed by atoms with van der Waals surface area (Å²) in [6.07, 6.45) is 0.167. The summed E-state index contributed by atoms with van der Waals surface area (Å²) in [6.45, 7) is 3.51. The summed E-state index contributed by atoms with van der Waals surface area (Å²) >= 11 is 5.75. The first-order chi connectivity index (χ1) is 7.95. The fourth-order valence-corrected chi connectivity index (χ4v) is 1.60. The van der Waals surface area contributed by atoms with Crippen LogP contribution in [0.15, 0.2) is 18.2 Å². The van der Waals surface area contributed by atoms with Crippen LogP contribution in [0, 0.1) is 6.92 Å². The Kier molecular flexibility index (Phi) is 4.70. The Morgan fingerprint density at radius 1 is 1.41 bits per heavy atom. The molecule has 1 atom stereocenters. The second-order valence-electron chi connectivity index (χ2n) is 3.87. The third-order valence-electron chi connectivity index (χ3n) is 2.56. The van der Waals surface area contributed by atoms with Crippen LogP contribution in [0.25, 0.3) is 0 Å². The fourth-order valence-electron chi connectivity index (χ4n) is 1.47. The van der Waals surface area contributed by atoms with Gasteiger partial charge in [0.2, 0.25) is 0 Å². The number of hydrogen-bond acceptors (Lipinski definition) is 3. The number of carbonyl (C=O) groups is 2. The van der Waals surface area contributed by atoms with Gasteiger partial charge in [-0.3, -0.25) is 9.59 Å². The smallest absolute Gasteiger partial charge is 0.309 e. The van der Waals surface area contributed by atoms with Gasteiger partial charge in [0.25, 0.3) is 0 Å². The molecular weight excluding hydrogens is 240 g/mol. The number of methoxy groups -OCH3 is 1. The van der Waals surface area contributed by atoms with Crippen molar-refractivity contribution in [3.05, 3.63) is 34.9 Å². The van der Waals surface area contributed by atoms with Crippen molar-refractivity contribution in [2.45, 2.75) is 25.6 Å². The summed E-state index contributed by atoms with van der Waals surface area (Å²) in [5.41, 5.74) is 2.27. The monoisotopic (exact) mass is 254 g/mol. The van der Waals surface area contributed by atoms with E-state index < -0.39 is 5.38 Å². The number of hydrogen-bond donors (Lipinski definition) is 0. The molecule has 0 aliphatic carbocycles. The van der Waals surface area contributed by atoms with E-state index in [1.807, 2.05) is 13.0 Å². The summed E-state index contributed by atoms with van der Waals surface area (Å²) in [5.74, 6) is -0.464. The predicted molar refractivity (Wildman–Crippen MR) is 66.5 cm³/mol. The molecule has 92 valence electrons. The molecule has 0 aromatic heterocycles. The molecule has 0 heterocycles. The molecule has 0 saturated carbocycles. The molecule has 0 aliphatic rings. The second kappa shape index (κ2) is 5.82. The molecule has 0 spiro atoms. The number of esters is 1. The van der Waals surface area contributed by atoms with Crippen molar-refractivity contribution in [1.82, 2.24) is 0 Å². The van der Waals surface area contributed by atoms with Gasteiger partial charge in [-0.1, -0.05) is 12.1 Å². The van der Waals surface area contributed by atoms with E-state index in [9.17, 15) is 9.59 Å². The van der Waals surface area contributed by atoms with Crippen molar-refractivity contribution in [3.63, 3.8) is 0 Å². The Hall–Kier alpha value is -1.35. The zero-order valence-electron chi connectivity index (χ0n) is 10.1. The molecule has 0 saturated heterocycles. The molecule has 0 aliphatic heterocycles. The fraction of sp³-hybridized carbons (Fsp3) is 0.385. The lowest BCUT2D eigenvalue weighted by atomic mass is 9.99. The maximum atomic E-state index is 11.7. The van der Waals surface area contributed by atoms with Crippen LogP contribution in [-0.2, 0) is 16.0 Å². The van der Waals surface area contributed by atoms with Crippen LogP contribution in [0.1, 0.15) is 28.4 Å². The van der Waals surface area contributed by atoms with Gasteiger partial charge in [-0.25, -0.2) is 0 Å². The van der Waals surface area contributed by atoms with Crippen LogP contribution in [0.4, 0.5) is 0 Å². The first-order valence-corrected chi connectivity index (χ1v) is 5.74. The lowest BCUT2D eigenvalue weighted by Gasteiger charge is -2.08. The van der Waals surface area contributed by atoms with Crippen molar-refractivity contribution in [2.75, 3.05) is 7.11 Å². The molecule has 0 radical (unpaired) electrons. The van der Waals surface area contributed by atoms with Gasteiger partial charge >= 0.3 is 5.97 Å². The minimum Gasteiger partial charge on any atom is -0.469 e. The quantitative estimate of drug-likeness (QED) is 0.471. The van der Waals surface area contributed by atoms with Gasteiger partial charge in [0.05, 0.1) is 18.9 Å². The summed E-state index contributed by atoms with van der Waals surface area (Å²) in [6, 6.07) is 5.23. The number of alkyl halides is 1. The van der Waals surface area contributed by atoms with Crippen molar-refractivity contribution in [3.8, 4) is 0 Å². The van der Waals surface area contributed by atoms with Crippen molar-refractivity contribution in [1.29, 1.82) is 0 Å². The van der Waals surface area contributed by atoms with E-state index in [0.29, 0.717) is 5.56 Å². The highest BCUT2D eigenvalue weighted by Gasteiger charge is 2.14. The highest BCUT2D eigenvalue weighted by molar-refractivity contribution is 6.33. The number of benzene rings is 1. The SMILES string of the molecule is COC(=O)Cc1cc(C(=O)C(C)Cl)ccc1C. The van der Waals surface area contributed by atoms with Gasteiger partial charge in [-0.05, 0) is 31.0 Å². The van der Waals surface area contributed by atoms with E-state index in [1.165, 1.54) is 7.11 Å². The molecule has 0 N–H and O–H groups in total. The lowest BCUT2D eigenvalue weighted by molar-refractivity contribution is -0.139. The van der Waals surface area contributed by atoms with E-state index in [4.69, 9.17) is 11.6 Å². The molecule has 4 heteroatoms. The molecule has 1 rings (SSSR count). The van der Waals surface area contributed by atoms with E-state index >= 15 is 0 Å². The molecule has 17 heavy (non-hydrogen) atoms. The summed E-state index contributed by atoms with van der Waals surface area (Å²) in [7, 11) is 1.34. The van der Waals surface area contributed by atoms with Crippen LogP contribution in [0.2, 0.25) is 0 Å². The number of Topliss-reactive ketones (excluding diaryl/α,β-unsaturated/α-hetero) is 1. The summed E-state index contributed by atoms with van der Waals surface area (Å²) in [5, 5.41) is -0.566. The zero-order chi connectivity index (χ0) is 13.0. The minimum atomic E-state index is -0.566. The van der Waals surface area contributed by atoms with Gasteiger partial charge in [-0.2, -0.15) is 0 Å². The molecule has 3 nitrogen and oxygen atoms in total. The zero-order valence-corrected chi connectivity index (χ0v) is 10.9. The standard InChI is InChI=1S/C13H15ClO3/c1-8-4-5-10(13(16)9(2)14)6-11(8)7-12(15)17-3/h4-6,9H,7H2,1-3H3. The third kappa shape index (κ3) is 3.56. The van der Waals surface area contributed by atoms with Crippen LogP contribution >= 0.6 is 11.6 Å². The van der Waals surface area contributed by atoms with E-state index in [0.717, 1.165) is 11.1 Å². The van der Waals surface area contributed by atoms with Gasteiger partial charge < -0.3 is 4.74 Å². The molecule has 1 unspecified atom stereocenters. The Morgan fingerprint density at radius 2 is 2.06 bits per heavy atom. The summed E-state index contributed by atoms with van der Waals surface area (Å²) in [4.78, 5) is 22.9. The lowest BCUT2D eigenvalue weighted by Crippen LogP contribution is -2.12. The average molecular weight is 255 g/mol. The van der Waals surface area contributed by atoms with Gasteiger partial charge in [-0.15, -0.1) is 11.6 Å². The van der Waals surface area contributed by atoms with E-state index in [-0.39, 0.29) is 18.2 Å². The first-order valence-electron chi connectivity index (χ1n) is 5.30. The van der Waals surface area contributed by atoms with Gasteiger partial charge in [0, 0.05) is 5.56 Å². The maximum absolute atomic E-state index is 11.7. The van der Waals surface area contributed by atoms with E-state index in [2.05, 4.69) is 4.74 Å². The third-order valence-corrected chi connectivity index (χ3v) is 2.76. The van der Waals surface area contributed by atoms with Crippen molar-refractivity contribution >= 4 is 23.4 Å². The Labute approximate surface area is 106 Å². The molecule has 1 aromatic rings. The van der Waals surface area contributed by atoms with Crippen LogP contribution in [-0.4, -0.2) is 24.2 Å². The van der Waals surface area contributed by atoms with Crippen molar-refractivity contribution < 1.29 is 14.3 Å². The van der Waals surface area contributed by atoms with Crippen LogP contribution < -0.4 is 0 Å². The first kappa shape index (κ1) is 13.7. The Balaban J connectivity index is 3.02. The number of ether oxygens (including phenoxy) is 1. The average Bonchev–Trinajstić information content (AvgIpc) is 2.30.